The summed E-state index contributed by atoms with van der Waals surface area (Å²) in [5.74, 6) is 1.60. The van der Waals surface area contributed by atoms with E-state index in [1.807, 2.05) is 6.07 Å². The minimum absolute atomic E-state index is 0.126. The molecule has 1 saturated carbocycles. The van der Waals surface area contributed by atoms with E-state index in [0.29, 0.717) is 0 Å². The molecule has 0 aliphatic heterocycles. The minimum Gasteiger partial charge on any atom is -0.207 e. The second-order valence-corrected chi connectivity index (χ2v) is 8.49. The first-order valence-corrected chi connectivity index (χ1v) is 10.8. The van der Waals surface area contributed by atoms with Gasteiger partial charge >= 0.3 is 0 Å². The van der Waals surface area contributed by atoms with Crippen LogP contribution in [0.5, 0.6) is 0 Å². The van der Waals surface area contributed by atoms with Gasteiger partial charge in [0.15, 0.2) is 0 Å². The van der Waals surface area contributed by atoms with Gasteiger partial charge in [0.05, 0.1) is 0 Å². The summed E-state index contributed by atoms with van der Waals surface area (Å²) >= 11 is 0. The molecule has 0 spiro atoms. The summed E-state index contributed by atoms with van der Waals surface area (Å²) in [4.78, 5) is 0. The Labute approximate surface area is 163 Å². The van der Waals surface area contributed by atoms with Crippen LogP contribution in [0.15, 0.2) is 42.5 Å². The predicted molar refractivity (Wildman–Crippen MR) is 113 cm³/mol. The fourth-order valence-corrected chi connectivity index (χ4v) is 4.94. The first-order chi connectivity index (χ1) is 13.2. The van der Waals surface area contributed by atoms with Gasteiger partial charge in [0.1, 0.15) is 5.82 Å². The fraction of sp³-hybridized carbons (Fsp3) is 0.462. The van der Waals surface area contributed by atoms with Crippen LogP contribution >= 0.6 is 0 Å². The van der Waals surface area contributed by atoms with Crippen LogP contribution in [-0.4, -0.2) is 0 Å². The lowest BCUT2D eigenvalue weighted by atomic mass is 9.77. The average molecular weight is 363 g/mol. The molecule has 2 aliphatic carbocycles. The number of hydrogen-bond donors (Lipinski definition) is 0. The lowest BCUT2D eigenvalue weighted by Crippen LogP contribution is -2.13. The number of unbranched alkanes of at least 4 members (excludes halogenated alkanes) is 1. The second kappa shape index (κ2) is 8.42. The highest BCUT2D eigenvalue weighted by molar-refractivity contribution is 5.84. The van der Waals surface area contributed by atoms with Gasteiger partial charge < -0.3 is 0 Å². The Kier molecular flexibility index (Phi) is 5.76. The first-order valence-electron chi connectivity index (χ1n) is 10.8. The molecule has 4 rings (SSSR count). The molecular weight excluding hydrogens is 331 g/mol. The summed E-state index contributed by atoms with van der Waals surface area (Å²) in [5.41, 5.74) is 6.53. The molecule has 0 aromatic heterocycles. The van der Waals surface area contributed by atoms with Gasteiger partial charge in [0, 0.05) is 0 Å². The number of benzene rings is 2. The molecule has 2 aliphatic rings. The second-order valence-electron chi connectivity index (χ2n) is 8.49. The van der Waals surface area contributed by atoms with Gasteiger partial charge in [-0.1, -0.05) is 62.6 Å². The summed E-state index contributed by atoms with van der Waals surface area (Å²) < 4.78 is 13.4. The third-order valence-corrected chi connectivity index (χ3v) is 6.66. The summed E-state index contributed by atoms with van der Waals surface area (Å²) in [6.45, 7) is 2.30. The van der Waals surface area contributed by atoms with Crippen LogP contribution in [0.3, 0.4) is 0 Å². The zero-order valence-electron chi connectivity index (χ0n) is 16.5. The summed E-state index contributed by atoms with van der Waals surface area (Å²) in [7, 11) is 0. The number of allylic oxidation sites excluding steroid dienone is 1. The summed E-state index contributed by atoms with van der Waals surface area (Å²) in [5, 5.41) is 0. The normalized spacial score (nSPS) is 22.2. The van der Waals surface area contributed by atoms with Crippen LogP contribution in [0.1, 0.15) is 86.5 Å². The Morgan fingerprint density at radius 1 is 0.926 bits per heavy atom. The van der Waals surface area contributed by atoms with Gasteiger partial charge in [0.2, 0.25) is 0 Å². The molecule has 0 N–H and O–H groups in total. The molecule has 27 heavy (non-hydrogen) atoms. The van der Waals surface area contributed by atoms with Gasteiger partial charge in [-0.2, -0.15) is 0 Å². The van der Waals surface area contributed by atoms with Crippen molar-refractivity contribution in [1.29, 1.82) is 0 Å². The van der Waals surface area contributed by atoms with Crippen LogP contribution in [-0.2, 0) is 6.42 Å². The molecule has 0 atom stereocenters. The van der Waals surface area contributed by atoms with E-state index in [1.165, 1.54) is 67.2 Å². The molecule has 0 bridgehead atoms. The van der Waals surface area contributed by atoms with E-state index < -0.39 is 0 Å². The van der Waals surface area contributed by atoms with Crippen molar-refractivity contribution in [3.05, 3.63) is 70.5 Å². The number of rotatable bonds is 5. The quantitative estimate of drug-likeness (QED) is 0.509. The maximum absolute atomic E-state index is 13.4. The Morgan fingerprint density at radius 2 is 1.70 bits per heavy atom. The fourth-order valence-electron chi connectivity index (χ4n) is 4.94. The Morgan fingerprint density at radius 3 is 2.44 bits per heavy atom. The highest BCUT2D eigenvalue weighted by Crippen LogP contribution is 2.38. The van der Waals surface area contributed by atoms with Crippen LogP contribution < -0.4 is 0 Å². The minimum atomic E-state index is -0.126. The summed E-state index contributed by atoms with van der Waals surface area (Å²) in [6, 6.07) is 14.5. The maximum atomic E-state index is 13.4. The smallest absolute Gasteiger partial charge is 0.123 e. The van der Waals surface area contributed by atoms with Crippen molar-refractivity contribution in [2.45, 2.75) is 70.6 Å². The van der Waals surface area contributed by atoms with Gasteiger partial charge in [-0.3, -0.25) is 0 Å². The monoisotopic (exact) mass is 362 g/mol. The molecular formula is C26H31F. The molecule has 1 heteroatoms. The predicted octanol–water partition coefficient (Wildman–Crippen LogP) is 7.78. The van der Waals surface area contributed by atoms with Gasteiger partial charge in [-0.15, -0.1) is 0 Å². The van der Waals surface area contributed by atoms with Crippen molar-refractivity contribution in [1.82, 2.24) is 0 Å². The number of halogens is 1. The van der Waals surface area contributed by atoms with Crippen LogP contribution in [0, 0.1) is 11.7 Å². The molecule has 0 unspecified atom stereocenters. The number of aryl methyl sites for hydroxylation is 1. The zero-order chi connectivity index (χ0) is 18.6. The molecule has 1 fully saturated rings. The van der Waals surface area contributed by atoms with E-state index in [0.717, 1.165) is 30.2 Å². The standard InChI is InChI=1S/C26H31F/c1-2-3-4-19-5-7-20(8-6-19)21-9-11-22(12-10-21)23-13-14-25-18-26(27)16-15-24(25)17-23/h9-12,15-20H,2-8,13-14H2,1H3. The SMILES string of the molecule is CCCCC1CCC(c2ccc(C3=Cc4ccc(F)cc4CC3)cc2)CC1. The maximum Gasteiger partial charge on any atom is 0.123 e. The lowest BCUT2D eigenvalue weighted by Gasteiger charge is -2.29. The van der Waals surface area contributed by atoms with Gasteiger partial charge in [0.25, 0.3) is 0 Å². The van der Waals surface area contributed by atoms with E-state index in [9.17, 15) is 4.39 Å². The largest absolute Gasteiger partial charge is 0.207 e. The van der Waals surface area contributed by atoms with Crippen molar-refractivity contribution in [2.75, 3.05) is 0 Å². The lowest BCUT2D eigenvalue weighted by molar-refractivity contribution is 0.304. The Bertz CT molecular complexity index is 791. The Hall–Kier alpha value is -1.89. The average Bonchev–Trinajstić information content (AvgIpc) is 2.72. The molecule has 0 nitrogen and oxygen atoms in total. The number of fused-ring (bicyclic) bond motifs is 1. The van der Waals surface area contributed by atoms with E-state index in [1.54, 1.807) is 12.1 Å². The third-order valence-electron chi connectivity index (χ3n) is 6.66. The topological polar surface area (TPSA) is 0 Å². The molecule has 142 valence electrons. The molecule has 2 aromatic carbocycles. The van der Waals surface area contributed by atoms with Crippen molar-refractivity contribution in [2.24, 2.45) is 5.92 Å². The van der Waals surface area contributed by atoms with Crippen molar-refractivity contribution < 1.29 is 4.39 Å². The van der Waals surface area contributed by atoms with Crippen molar-refractivity contribution >= 4 is 11.6 Å². The third kappa shape index (κ3) is 4.34. The highest BCUT2D eigenvalue weighted by atomic mass is 19.1. The Balaban J connectivity index is 1.42. The number of hydrogen-bond acceptors (Lipinski definition) is 0. The van der Waals surface area contributed by atoms with Gasteiger partial charge in [-0.05, 0) is 90.3 Å². The zero-order valence-corrected chi connectivity index (χ0v) is 16.5. The summed E-state index contributed by atoms with van der Waals surface area (Å²) in [6.07, 6.45) is 13.9. The van der Waals surface area contributed by atoms with Crippen LogP contribution in [0.25, 0.3) is 11.6 Å². The van der Waals surface area contributed by atoms with Crippen molar-refractivity contribution in [3.8, 4) is 0 Å². The van der Waals surface area contributed by atoms with Crippen LogP contribution in [0.4, 0.5) is 4.39 Å². The van der Waals surface area contributed by atoms with Gasteiger partial charge in [-0.25, -0.2) is 4.39 Å². The molecule has 0 heterocycles. The molecule has 0 amide bonds. The van der Waals surface area contributed by atoms with E-state index in [-0.39, 0.29) is 5.82 Å². The molecule has 0 radical (unpaired) electrons. The van der Waals surface area contributed by atoms with E-state index >= 15 is 0 Å². The van der Waals surface area contributed by atoms with E-state index in [4.69, 9.17) is 0 Å². The molecule has 0 saturated heterocycles. The first kappa shape index (κ1) is 18.5. The van der Waals surface area contributed by atoms with Crippen molar-refractivity contribution in [3.63, 3.8) is 0 Å². The van der Waals surface area contributed by atoms with E-state index in [2.05, 4.69) is 37.3 Å². The van der Waals surface area contributed by atoms with Crippen LogP contribution in [0.2, 0.25) is 0 Å². The molecule has 2 aromatic rings. The highest BCUT2D eigenvalue weighted by Gasteiger charge is 2.22.